The molecule has 2 unspecified atom stereocenters. The smallest absolute Gasteiger partial charge is 0.335 e. The number of hydrogen-bond donors (Lipinski definition) is 4. The minimum absolute atomic E-state index is 0.826. The molecule has 0 spiro atoms. The number of carbonyl (C=O) groups is 2. The van der Waals surface area contributed by atoms with Gasteiger partial charge < -0.3 is 20.4 Å². The Morgan fingerprint density at radius 1 is 0.938 bits per heavy atom. The number of aliphatic hydroxyl groups excluding tert-OH is 2. The molecule has 0 radical (unpaired) electrons. The third kappa shape index (κ3) is 2.97. The maximum atomic E-state index is 10.7. The lowest BCUT2D eigenvalue weighted by Gasteiger charge is -2.19. The molecule has 8 nitrogen and oxygen atoms in total. The van der Waals surface area contributed by atoms with E-state index in [4.69, 9.17) is 20.4 Å². The van der Waals surface area contributed by atoms with E-state index in [1.165, 1.54) is 0 Å². The minimum atomic E-state index is -1.91. The van der Waals surface area contributed by atoms with Crippen LogP contribution in [0.4, 0.5) is 0 Å². The van der Waals surface area contributed by atoms with Crippen molar-refractivity contribution in [3.05, 3.63) is 0 Å². The van der Waals surface area contributed by atoms with Crippen LogP contribution in [0.2, 0.25) is 0 Å². The maximum Gasteiger partial charge on any atom is 0.335 e. The van der Waals surface area contributed by atoms with Gasteiger partial charge in [-0.15, -0.1) is 0 Å². The molecule has 8 heteroatoms. The van der Waals surface area contributed by atoms with Gasteiger partial charge in [-0.3, -0.25) is 0 Å². The van der Waals surface area contributed by atoms with Crippen LogP contribution in [-0.4, -0.2) is 56.7 Å². The fourth-order valence-corrected chi connectivity index (χ4v) is 0.505. The summed E-state index contributed by atoms with van der Waals surface area (Å²) in [4.78, 5) is 21.4. The molecule has 0 saturated heterocycles. The van der Waals surface area contributed by atoms with Gasteiger partial charge in [0, 0.05) is 0 Å². The first-order valence-corrected chi connectivity index (χ1v) is 4.34. The quantitative estimate of drug-likeness (QED) is 0.439. The standard InChI is InChI=1S/C8H14N2O6/c1-7(3-11,5(13)14)9-10-8(2,4-12)6(15)16/h11-12H,3-4H2,1-2H3,(H,13,14)(H,15,16). The Morgan fingerprint density at radius 3 is 1.31 bits per heavy atom. The summed E-state index contributed by atoms with van der Waals surface area (Å²) in [7, 11) is 0. The number of hydrogen-bond acceptors (Lipinski definition) is 6. The molecule has 16 heavy (non-hydrogen) atoms. The van der Waals surface area contributed by atoms with Gasteiger partial charge in [0.2, 0.25) is 0 Å². The highest BCUT2D eigenvalue weighted by atomic mass is 16.4. The molecular formula is C8H14N2O6. The number of nitrogens with zero attached hydrogens (tertiary/aromatic N) is 2. The van der Waals surface area contributed by atoms with Gasteiger partial charge >= 0.3 is 11.9 Å². The zero-order chi connectivity index (χ0) is 13.0. The summed E-state index contributed by atoms with van der Waals surface area (Å²) in [5.41, 5.74) is -3.82. The molecular weight excluding hydrogens is 220 g/mol. The van der Waals surface area contributed by atoms with Crippen LogP contribution >= 0.6 is 0 Å². The molecule has 4 N–H and O–H groups in total. The Bertz CT molecular complexity index is 288. The second kappa shape index (κ2) is 4.99. The fourth-order valence-electron chi connectivity index (χ4n) is 0.505. The van der Waals surface area contributed by atoms with Crippen molar-refractivity contribution in [2.75, 3.05) is 13.2 Å². The molecule has 0 aliphatic rings. The van der Waals surface area contributed by atoms with Gasteiger partial charge in [0.25, 0.3) is 0 Å². The van der Waals surface area contributed by atoms with Crippen LogP contribution < -0.4 is 0 Å². The van der Waals surface area contributed by atoms with Gasteiger partial charge in [-0.2, -0.15) is 10.2 Å². The van der Waals surface area contributed by atoms with Crippen LogP contribution in [0, 0.1) is 0 Å². The third-order valence-corrected chi connectivity index (χ3v) is 2.03. The number of carboxylic acid groups (broad SMARTS) is 2. The first kappa shape index (κ1) is 14.5. The summed E-state index contributed by atoms with van der Waals surface area (Å²) in [6.07, 6.45) is 0. The molecule has 0 heterocycles. The second-order valence-electron chi connectivity index (χ2n) is 3.67. The summed E-state index contributed by atoms with van der Waals surface area (Å²) in [6, 6.07) is 0. The van der Waals surface area contributed by atoms with Crippen LogP contribution in [0.3, 0.4) is 0 Å². The Hall–Kier alpha value is -1.54. The molecule has 0 fully saturated rings. The molecule has 0 aliphatic carbocycles. The largest absolute Gasteiger partial charge is 0.479 e. The van der Waals surface area contributed by atoms with Crippen LogP contribution in [0.15, 0.2) is 10.2 Å². The van der Waals surface area contributed by atoms with Gasteiger partial charge in [-0.1, -0.05) is 0 Å². The second-order valence-corrected chi connectivity index (χ2v) is 3.67. The molecule has 92 valence electrons. The molecule has 0 aliphatic heterocycles. The molecule has 0 aromatic rings. The average molecular weight is 234 g/mol. The molecule has 0 amide bonds. The molecule has 2 atom stereocenters. The van der Waals surface area contributed by atoms with E-state index in [0.717, 1.165) is 13.8 Å². The number of azo groups is 1. The van der Waals surface area contributed by atoms with E-state index in [1.54, 1.807) is 0 Å². The Balaban J connectivity index is 5.07. The van der Waals surface area contributed by atoms with Crippen molar-refractivity contribution in [1.29, 1.82) is 0 Å². The first-order chi connectivity index (χ1) is 7.22. The molecule has 0 aromatic heterocycles. The van der Waals surface area contributed by atoms with Crippen molar-refractivity contribution in [3.8, 4) is 0 Å². The maximum absolute atomic E-state index is 10.7. The van der Waals surface area contributed by atoms with Crippen molar-refractivity contribution in [3.63, 3.8) is 0 Å². The lowest BCUT2D eigenvalue weighted by Crippen LogP contribution is -2.40. The summed E-state index contributed by atoms with van der Waals surface area (Å²) < 4.78 is 0. The van der Waals surface area contributed by atoms with Crippen LogP contribution in [0.5, 0.6) is 0 Å². The topological polar surface area (TPSA) is 140 Å². The molecule has 0 saturated carbocycles. The zero-order valence-electron chi connectivity index (χ0n) is 8.91. The van der Waals surface area contributed by atoms with Crippen LogP contribution in [0.25, 0.3) is 0 Å². The highest BCUT2D eigenvalue weighted by molar-refractivity contribution is 5.79. The molecule has 0 aromatic carbocycles. The zero-order valence-corrected chi connectivity index (χ0v) is 8.91. The van der Waals surface area contributed by atoms with E-state index in [2.05, 4.69) is 10.2 Å². The lowest BCUT2D eigenvalue weighted by molar-refractivity contribution is -0.147. The normalized spacial score (nSPS) is 19.0. The Labute approximate surface area is 91.2 Å². The van der Waals surface area contributed by atoms with Crippen molar-refractivity contribution in [2.45, 2.75) is 24.9 Å². The predicted molar refractivity (Wildman–Crippen MR) is 51.1 cm³/mol. The average Bonchev–Trinajstić information content (AvgIpc) is 2.24. The summed E-state index contributed by atoms with van der Waals surface area (Å²) >= 11 is 0. The van der Waals surface area contributed by atoms with Crippen molar-refractivity contribution >= 4 is 11.9 Å². The van der Waals surface area contributed by atoms with Gasteiger partial charge in [-0.05, 0) is 13.8 Å². The number of carboxylic acids is 2. The van der Waals surface area contributed by atoms with E-state index >= 15 is 0 Å². The predicted octanol–water partition coefficient (Wildman–Crippen LogP) is -0.890. The Kier molecular flexibility index (Phi) is 4.51. The van der Waals surface area contributed by atoms with Gasteiger partial charge in [-0.25, -0.2) is 9.59 Å². The van der Waals surface area contributed by atoms with Gasteiger partial charge in [0.15, 0.2) is 11.1 Å². The molecule has 0 rings (SSSR count). The number of aliphatic carboxylic acids is 2. The summed E-state index contributed by atoms with van der Waals surface area (Å²) in [5.74, 6) is -2.88. The van der Waals surface area contributed by atoms with Crippen molar-refractivity contribution in [2.24, 2.45) is 10.2 Å². The van der Waals surface area contributed by atoms with Gasteiger partial charge in [0.05, 0.1) is 13.2 Å². The van der Waals surface area contributed by atoms with Gasteiger partial charge in [0.1, 0.15) is 0 Å². The lowest BCUT2D eigenvalue weighted by atomic mass is 10.1. The SMILES string of the molecule is CC(CO)(N=NC(C)(CO)C(=O)O)C(=O)O. The van der Waals surface area contributed by atoms with Crippen LogP contribution in [0.1, 0.15) is 13.8 Å². The molecule has 0 bridgehead atoms. The van der Waals surface area contributed by atoms with E-state index in [-0.39, 0.29) is 0 Å². The summed E-state index contributed by atoms with van der Waals surface area (Å²) in [5, 5.41) is 41.6. The number of rotatable bonds is 6. The van der Waals surface area contributed by atoms with Crippen LogP contribution in [-0.2, 0) is 9.59 Å². The summed E-state index contributed by atoms with van der Waals surface area (Å²) in [6.45, 7) is 0.511. The number of aliphatic hydroxyl groups is 2. The highest BCUT2D eigenvalue weighted by Gasteiger charge is 2.37. The third-order valence-electron chi connectivity index (χ3n) is 2.03. The van der Waals surface area contributed by atoms with Crippen molar-refractivity contribution < 1.29 is 30.0 Å². The monoisotopic (exact) mass is 234 g/mol. The first-order valence-electron chi connectivity index (χ1n) is 4.34. The van der Waals surface area contributed by atoms with E-state index in [1.807, 2.05) is 0 Å². The van der Waals surface area contributed by atoms with E-state index in [9.17, 15) is 9.59 Å². The Morgan fingerprint density at radius 2 is 1.19 bits per heavy atom. The minimum Gasteiger partial charge on any atom is -0.479 e. The fraction of sp³-hybridized carbons (Fsp3) is 0.750. The van der Waals surface area contributed by atoms with E-state index in [0.29, 0.717) is 0 Å². The highest BCUT2D eigenvalue weighted by Crippen LogP contribution is 2.16. The van der Waals surface area contributed by atoms with E-state index < -0.39 is 36.2 Å². The van der Waals surface area contributed by atoms with Crippen molar-refractivity contribution in [1.82, 2.24) is 0 Å².